The van der Waals surface area contributed by atoms with Crippen molar-refractivity contribution in [3.63, 3.8) is 0 Å². The number of aryl methyl sites for hydroxylation is 1. The molecular formula is C19H19N3O3S. The number of amides is 2. The first kappa shape index (κ1) is 17.9. The van der Waals surface area contributed by atoms with Crippen molar-refractivity contribution in [3.8, 4) is 5.75 Å². The van der Waals surface area contributed by atoms with Crippen molar-refractivity contribution >= 4 is 38.5 Å². The quantitative estimate of drug-likeness (QED) is 0.698. The van der Waals surface area contributed by atoms with Crippen LogP contribution in [0.3, 0.4) is 0 Å². The molecule has 2 aromatic carbocycles. The minimum Gasteiger partial charge on any atom is -0.494 e. The fourth-order valence-electron chi connectivity index (χ4n) is 2.43. The maximum absolute atomic E-state index is 12.1. The van der Waals surface area contributed by atoms with Gasteiger partial charge in [0, 0.05) is 5.56 Å². The van der Waals surface area contributed by atoms with Crippen molar-refractivity contribution in [1.29, 1.82) is 0 Å². The lowest BCUT2D eigenvalue weighted by Gasteiger charge is -2.05. The summed E-state index contributed by atoms with van der Waals surface area (Å²) >= 11 is 1.36. The molecule has 2 N–H and O–H groups in total. The molecule has 1 aromatic heterocycles. The molecule has 0 aliphatic carbocycles. The van der Waals surface area contributed by atoms with E-state index in [-0.39, 0.29) is 18.4 Å². The minimum atomic E-state index is -0.324. The monoisotopic (exact) mass is 369 g/mol. The van der Waals surface area contributed by atoms with Crippen LogP contribution in [0.4, 0.5) is 5.13 Å². The Morgan fingerprint density at radius 3 is 2.81 bits per heavy atom. The third-order valence-electron chi connectivity index (χ3n) is 3.61. The molecule has 0 bridgehead atoms. The Kier molecular flexibility index (Phi) is 5.48. The normalized spacial score (nSPS) is 10.5. The van der Waals surface area contributed by atoms with E-state index in [2.05, 4.69) is 15.6 Å². The van der Waals surface area contributed by atoms with E-state index in [0.29, 0.717) is 17.3 Å². The second-order valence-electron chi connectivity index (χ2n) is 5.68. The van der Waals surface area contributed by atoms with E-state index < -0.39 is 0 Å². The number of ether oxygens (including phenoxy) is 1. The second-order valence-corrected chi connectivity index (χ2v) is 6.71. The summed E-state index contributed by atoms with van der Waals surface area (Å²) < 4.78 is 6.39. The van der Waals surface area contributed by atoms with Gasteiger partial charge in [-0.25, -0.2) is 4.98 Å². The van der Waals surface area contributed by atoms with Gasteiger partial charge in [-0.3, -0.25) is 9.59 Å². The number of thiazole rings is 1. The van der Waals surface area contributed by atoms with Crippen molar-refractivity contribution in [2.45, 2.75) is 13.8 Å². The molecule has 2 amide bonds. The SMILES string of the molecule is CCOc1ccc2nc(NC(=O)CNC(=O)c3cccc(C)c3)sc2c1. The van der Waals surface area contributed by atoms with Crippen LogP contribution in [0, 0.1) is 6.92 Å². The lowest BCUT2D eigenvalue weighted by atomic mass is 10.1. The lowest BCUT2D eigenvalue weighted by Crippen LogP contribution is -2.32. The van der Waals surface area contributed by atoms with Crippen LogP contribution in [-0.2, 0) is 4.79 Å². The molecule has 0 saturated carbocycles. The van der Waals surface area contributed by atoms with Gasteiger partial charge in [0.15, 0.2) is 5.13 Å². The molecule has 0 aliphatic rings. The van der Waals surface area contributed by atoms with Crippen LogP contribution in [0.2, 0.25) is 0 Å². The zero-order valence-electron chi connectivity index (χ0n) is 14.5. The fraction of sp³-hybridized carbons (Fsp3) is 0.211. The zero-order valence-corrected chi connectivity index (χ0v) is 15.4. The Morgan fingerprint density at radius 1 is 1.19 bits per heavy atom. The van der Waals surface area contributed by atoms with E-state index in [4.69, 9.17) is 4.74 Å². The zero-order chi connectivity index (χ0) is 18.5. The van der Waals surface area contributed by atoms with Gasteiger partial charge in [-0.1, -0.05) is 29.0 Å². The predicted molar refractivity (Wildman–Crippen MR) is 103 cm³/mol. The molecule has 0 atom stereocenters. The average molecular weight is 369 g/mol. The third-order valence-corrected chi connectivity index (χ3v) is 4.54. The van der Waals surface area contributed by atoms with Gasteiger partial charge in [0.1, 0.15) is 5.75 Å². The summed E-state index contributed by atoms with van der Waals surface area (Å²) in [6.45, 7) is 4.31. The van der Waals surface area contributed by atoms with Gasteiger partial charge in [0.2, 0.25) is 5.91 Å². The van der Waals surface area contributed by atoms with E-state index in [9.17, 15) is 9.59 Å². The first-order valence-electron chi connectivity index (χ1n) is 8.23. The Bertz CT molecular complexity index is 952. The van der Waals surface area contributed by atoms with Crippen LogP contribution in [0.5, 0.6) is 5.75 Å². The van der Waals surface area contributed by atoms with Crippen LogP contribution >= 0.6 is 11.3 Å². The van der Waals surface area contributed by atoms with Gasteiger partial charge < -0.3 is 15.4 Å². The molecule has 0 spiro atoms. The van der Waals surface area contributed by atoms with Crippen molar-refractivity contribution in [1.82, 2.24) is 10.3 Å². The molecular weight excluding hydrogens is 350 g/mol. The molecule has 0 saturated heterocycles. The standard InChI is InChI=1S/C19H19N3O3S/c1-3-25-14-7-8-15-16(10-14)26-19(21-15)22-17(23)11-20-18(24)13-6-4-5-12(2)9-13/h4-10H,3,11H2,1-2H3,(H,20,24)(H,21,22,23). The molecule has 0 fully saturated rings. The van der Waals surface area contributed by atoms with Crippen molar-refractivity contribution in [2.75, 3.05) is 18.5 Å². The number of anilines is 1. The smallest absolute Gasteiger partial charge is 0.251 e. The Hall–Kier alpha value is -2.93. The largest absolute Gasteiger partial charge is 0.494 e. The van der Waals surface area contributed by atoms with Crippen LogP contribution in [0.15, 0.2) is 42.5 Å². The summed E-state index contributed by atoms with van der Waals surface area (Å²) in [5.74, 6) is 0.163. The summed E-state index contributed by atoms with van der Waals surface area (Å²) in [7, 11) is 0. The molecule has 0 aliphatic heterocycles. The van der Waals surface area contributed by atoms with E-state index >= 15 is 0 Å². The molecule has 0 unspecified atom stereocenters. The van der Waals surface area contributed by atoms with E-state index in [1.165, 1.54) is 11.3 Å². The number of hydrogen-bond acceptors (Lipinski definition) is 5. The van der Waals surface area contributed by atoms with Gasteiger partial charge in [-0.2, -0.15) is 0 Å². The molecule has 134 valence electrons. The highest BCUT2D eigenvalue weighted by molar-refractivity contribution is 7.22. The third kappa shape index (κ3) is 4.37. The van der Waals surface area contributed by atoms with Crippen molar-refractivity contribution in [2.24, 2.45) is 0 Å². The summed E-state index contributed by atoms with van der Waals surface area (Å²) in [5, 5.41) is 5.81. The summed E-state index contributed by atoms with van der Waals surface area (Å²) in [6.07, 6.45) is 0. The van der Waals surface area contributed by atoms with E-state index in [0.717, 1.165) is 21.5 Å². The van der Waals surface area contributed by atoms with Gasteiger partial charge in [-0.15, -0.1) is 0 Å². The van der Waals surface area contributed by atoms with Crippen molar-refractivity contribution in [3.05, 3.63) is 53.6 Å². The first-order chi connectivity index (χ1) is 12.5. The minimum absolute atomic E-state index is 0.118. The molecule has 3 aromatic rings. The Labute approximate surface area is 155 Å². The van der Waals surface area contributed by atoms with E-state index in [1.54, 1.807) is 12.1 Å². The number of rotatable bonds is 6. The van der Waals surface area contributed by atoms with E-state index in [1.807, 2.05) is 44.2 Å². The average Bonchev–Trinajstić information content (AvgIpc) is 3.01. The summed E-state index contributed by atoms with van der Waals surface area (Å²) in [5.41, 5.74) is 2.31. The number of carbonyl (C=O) groups excluding carboxylic acids is 2. The van der Waals surface area contributed by atoms with Crippen LogP contribution in [-0.4, -0.2) is 29.9 Å². The number of nitrogens with one attached hydrogen (secondary N) is 2. The highest BCUT2D eigenvalue weighted by Gasteiger charge is 2.11. The number of nitrogens with zero attached hydrogens (tertiary/aromatic N) is 1. The van der Waals surface area contributed by atoms with Crippen LogP contribution in [0.1, 0.15) is 22.8 Å². The van der Waals surface area contributed by atoms with Gasteiger partial charge in [-0.05, 0) is 44.2 Å². The van der Waals surface area contributed by atoms with Crippen LogP contribution in [0.25, 0.3) is 10.2 Å². The topological polar surface area (TPSA) is 80.3 Å². The molecule has 6 nitrogen and oxygen atoms in total. The Morgan fingerprint density at radius 2 is 2.04 bits per heavy atom. The maximum Gasteiger partial charge on any atom is 0.251 e. The highest BCUT2D eigenvalue weighted by Crippen LogP contribution is 2.29. The number of fused-ring (bicyclic) bond motifs is 1. The van der Waals surface area contributed by atoms with Gasteiger partial charge >= 0.3 is 0 Å². The number of aromatic nitrogens is 1. The molecule has 1 heterocycles. The molecule has 3 rings (SSSR count). The highest BCUT2D eigenvalue weighted by atomic mass is 32.1. The fourth-order valence-corrected chi connectivity index (χ4v) is 3.34. The van der Waals surface area contributed by atoms with Gasteiger partial charge in [0.25, 0.3) is 5.91 Å². The molecule has 7 heteroatoms. The summed E-state index contributed by atoms with van der Waals surface area (Å²) in [6, 6.07) is 12.8. The van der Waals surface area contributed by atoms with Crippen molar-refractivity contribution < 1.29 is 14.3 Å². The van der Waals surface area contributed by atoms with Gasteiger partial charge in [0.05, 0.1) is 23.4 Å². The predicted octanol–water partition coefficient (Wildman–Crippen LogP) is 3.37. The number of benzene rings is 2. The Balaban J connectivity index is 1.59. The summed E-state index contributed by atoms with van der Waals surface area (Å²) in [4.78, 5) is 28.5. The first-order valence-corrected chi connectivity index (χ1v) is 9.05. The maximum atomic E-state index is 12.1. The lowest BCUT2D eigenvalue weighted by molar-refractivity contribution is -0.115. The number of carbonyl (C=O) groups is 2. The molecule has 0 radical (unpaired) electrons. The number of hydrogen-bond donors (Lipinski definition) is 2. The van der Waals surface area contributed by atoms with Crippen LogP contribution < -0.4 is 15.4 Å². The molecule has 26 heavy (non-hydrogen) atoms. The second kappa shape index (κ2) is 7.97.